The Morgan fingerprint density at radius 1 is 1.00 bits per heavy atom. The molecule has 8 nitrogen and oxygen atoms in total. The lowest BCUT2D eigenvalue weighted by molar-refractivity contribution is -0.119. The highest BCUT2D eigenvalue weighted by Crippen LogP contribution is 2.34. The molecule has 1 aromatic heterocycles. The molecular formula is C21H23NO7S. The number of hydrogen-bond acceptors (Lipinski definition) is 8. The Morgan fingerprint density at radius 3 is 2.33 bits per heavy atom. The molecule has 0 aliphatic carbocycles. The van der Waals surface area contributed by atoms with Crippen LogP contribution in [-0.2, 0) is 14.3 Å². The quantitative estimate of drug-likeness (QED) is 0.475. The molecule has 0 bridgehead atoms. The molecule has 1 amide bonds. The maximum absolute atomic E-state index is 12.3. The van der Waals surface area contributed by atoms with Gasteiger partial charge in [0.05, 0.1) is 23.7 Å². The summed E-state index contributed by atoms with van der Waals surface area (Å²) in [6, 6.07) is 6.54. The average molecular weight is 433 g/mol. The van der Waals surface area contributed by atoms with Gasteiger partial charge in [-0.1, -0.05) is 12.1 Å². The summed E-state index contributed by atoms with van der Waals surface area (Å²) < 4.78 is 15.5. The number of carbonyl (C=O) groups excluding carboxylic acids is 4. The van der Waals surface area contributed by atoms with Gasteiger partial charge in [0.15, 0.2) is 12.4 Å². The van der Waals surface area contributed by atoms with Crippen molar-refractivity contribution in [1.82, 2.24) is 0 Å². The summed E-state index contributed by atoms with van der Waals surface area (Å²) in [6.45, 7) is 6.37. The van der Waals surface area contributed by atoms with Crippen molar-refractivity contribution < 1.29 is 33.4 Å². The number of anilines is 1. The highest BCUT2D eigenvalue weighted by molar-refractivity contribution is 7.18. The highest BCUT2D eigenvalue weighted by atomic mass is 32.1. The van der Waals surface area contributed by atoms with Gasteiger partial charge in [-0.25, -0.2) is 9.59 Å². The second kappa shape index (κ2) is 10.5. The van der Waals surface area contributed by atoms with Gasteiger partial charge in [0.2, 0.25) is 0 Å². The number of esters is 2. The van der Waals surface area contributed by atoms with Crippen molar-refractivity contribution in [3.8, 4) is 5.75 Å². The molecule has 0 fully saturated rings. The number of carbonyl (C=O) groups is 4. The Morgan fingerprint density at radius 2 is 1.70 bits per heavy atom. The Kier molecular flexibility index (Phi) is 8.11. The summed E-state index contributed by atoms with van der Waals surface area (Å²) in [4.78, 5) is 49.1. The van der Waals surface area contributed by atoms with Crippen molar-refractivity contribution in [2.24, 2.45) is 0 Å². The molecule has 9 heteroatoms. The molecule has 0 saturated heterocycles. The summed E-state index contributed by atoms with van der Waals surface area (Å²) >= 11 is 0.974. The maximum Gasteiger partial charge on any atom is 0.342 e. The third kappa shape index (κ3) is 5.44. The van der Waals surface area contributed by atoms with E-state index in [-0.39, 0.29) is 28.5 Å². The summed E-state index contributed by atoms with van der Waals surface area (Å²) in [5.74, 6) is -1.89. The molecule has 0 aliphatic heterocycles. The zero-order valence-electron chi connectivity index (χ0n) is 17.2. The SMILES string of the molecule is CCOC(=O)c1c(NC(=O)COC(=O)c2ccccc2OCC)sc(C(C)=O)c1C. The smallest absolute Gasteiger partial charge is 0.342 e. The first-order valence-electron chi connectivity index (χ1n) is 9.30. The zero-order valence-corrected chi connectivity index (χ0v) is 18.0. The molecule has 0 saturated carbocycles. The molecule has 2 aromatic rings. The predicted molar refractivity (Wildman–Crippen MR) is 112 cm³/mol. The number of para-hydroxylation sites is 1. The van der Waals surface area contributed by atoms with Crippen LogP contribution >= 0.6 is 11.3 Å². The minimum Gasteiger partial charge on any atom is -0.493 e. The largest absolute Gasteiger partial charge is 0.493 e. The topological polar surface area (TPSA) is 108 Å². The van der Waals surface area contributed by atoms with E-state index in [1.165, 1.54) is 13.0 Å². The normalized spacial score (nSPS) is 10.3. The van der Waals surface area contributed by atoms with E-state index < -0.39 is 24.5 Å². The van der Waals surface area contributed by atoms with E-state index in [1.54, 1.807) is 39.0 Å². The van der Waals surface area contributed by atoms with Gasteiger partial charge in [0.25, 0.3) is 5.91 Å². The van der Waals surface area contributed by atoms with Gasteiger partial charge in [-0.2, -0.15) is 0 Å². The number of rotatable bonds is 9. The van der Waals surface area contributed by atoms with Crippen LogP contribution in [0.2, 0.25) is 0 Å². The third-order valence-electron chi connectivity index (χ3n) is 3.94. The van der Waals surface area contributed by atoms with E-state index in [0.29, 0.717) is 22.8 Å². The van der Waals surface area contributed by atoms with Gasteiger partial charge in [-0.05, 0) is 45.4 Å². The van der Waals surface area contributed by atoms with Crippen LogP contribution in [0.5, 0.6) is 5.75 Å². The summed E-state index contributed by atoms with van der Waals surface area (Å²) in [6.07, 6.45) is 0. The number of amides is 1. The molecule has 1 heterocycles. The number of benzene rings is 1. The molecule has 1 N–H and O–H groups in total. The first-order valence-corrected chi connectivity index (χ1v) is 10.1. The molecule has 160 valence electrons. The Bertz CT molecular complexity index is 964. The number of Topliss-reactive ketones (excluding diaryl/α,β-unsaturated/α-hetero) is 1. The van der Waals surface area contributed by atoms with Crippen LogP contribution < -0.4 is 10.1 Å². The minimum absolute atomic E-state index is 0.119. The van der Waals surface area contributed by atoms with Crippen molar-refractivity contribution >= 4 is 40.0 Å². The van der Waals surface area contributed by atoms with E-state index >= 15 is 0 Å². The fourth-order valence-corrected chi connectivity index (χ4v) is 3.78. The molecular weight excluding hydrogens is 410 g/mol. The predicted octanol–water partition coefficient (Wildman–Crippen LogP) is 3.63. The Labute approximate surface area is 178 Å². The fraction of sp³-hybridized carbons (Fsp3) is 0.333. The van der Waals surface area contributed by atoms with Gasteiger partial charge in [0.1, 0.15) is 16.3 Å². The van der Waals surface area contributed by atoms with Gasteiger partial charge in [0, 0.05) is 0 Å². The van der Waals surface area contributed by atoms with Crippen molar-refractivity contribution in [2.45, 2.75) is 27.7 Å². The van der Waals surface area contributed by atoms with Crippen LogP contribution in [0.25, 0.3) is 0 Å². The molecule has 0 atom stereocenters. The Hall–Kier alpha value is -3.20. The van der Waals surface area contributed by atoms with Gasteiger partial charge < -0.3 is 19.5 Å². The molecule has 0 radical (unpaired) electrons. The number of hydrogen-bond donors (Lipinski definition) is 1. The maximum atomic E-state index is 12.3. The van der Waals surface area contributed by atoms with E-state index in [4.69, 9.17) is 14.2 Å². The number of ether oxygens (including phenoxy) is 3. The molecule has 0 spiro atoms. The van der Waals surface area contributed by atoms with Gasteiger partial charge >= 0.3 is 11.9 Å². The van der Waals surface area contributed by atoms with E-state index in [2.05, 4.69) is 5.32 Å². The summed E-state index contributed by atoms with van der Waals surface area (Å²) in [5, 5.41) is 2.70. The lowest BCUT2D eigenvalue weighted by Gasteiger charge is -2.10. The monoisotopic (exact) mass is 433 g/mol. The van der Waals surface area contributed by atoms with Crippen LogP contribution in [0.1, 0.15) is 56.7 Å². The standard InChI is InChI=1S/C21H23NO7S/c1-5-27-15-10-8-7-9-14(15)20(25)29-11-16(24)22-19-17(21(26)28-6-2)12(3)18(30-19)13(4)23/h7-10H,5-6,11H2,1-4H3,(H,22,24). The second-order valence-electron chi connectivity index (χ2n) is 6.09. The number of ketones is 1. The van der Waals surface area contributed by atoms with E-state index in [9.17, 15) is 19.2 Å². The number of thiophene rings is 1. The molecule has 0 aliphatic rings. The first-order chi connectivity index (χ1) is 14.3. The van der Waals surface area contributed by atoms with Gasteiger partial charge in [-0.15, -0.1) is 11.3 Å². The van der Waals surface area contributed by atoms with Crippen LogP contribution in [0.15, 0.2) is 24.3 Å². The van der Waals surface area contributed by atoms with Gasteiger partial charge in [-0.3, -0.25) is 9.59 Å². The van der Waals surface area contributed by atoms with Crippen molar-refractivity contribution in [3.63, 3.8) is 0 Å². The molecule has 2 rings (SSSR count). The molecule has 1 aromatic carbocycles. The van der Waals surface area contributed by atoms with Crippen molar-refractivity contribution in [1.29, 1.82) is 0 Å². The van der Waals surface area contributed by atoms with Crippen molar-refractivity contribution in [3.05, 3.63) is 45.8 Å². The van der Waals surface area contributed by atoms with E-state index in [1.807, 2.05) is 0 Å². The summed E-state index contributed by atoms with van der Waals surface area (Å²) in [5.41, 5.74) is 0.752. The minimum atomic E-state index is -0.716. The van der Waals surface area contributed by atoms with Crippen LogP contribution in [-0.4, -0.2) is 43.4 Å². The van der Waals surface area contributed by atoms with Crippen LogP contribution in [0.4, 0.5) is 5.00 Å². The lowest BCUT2D eigenvalue weighted by Crippen LogP contribution is -2.22. The summed E-state index contributed by atoms with van der Waals surface area (Å²) in [7, 11) is 0. The fourth-order valence-electron chi connectivity index (χ4n) is 2.67. The van der Waals surface area contributed by atoms with Crippen molar-refractivity contribution in [2.75, 3.05) is 25.1 Å². The van der Waals surface area contributed by atoms with E-state index in [0.717, 1.165) is 11.3 Å². The zero-order chi connectivity index (χ0) is 22.3. The Balaban J connectivity index is 2.13. The third-order valence-corrected chi connectivity index (χ3v) is 5.25. The molecule has 30 heavy (non-hydrogen) atoms. The highest BCUT2D eigenvalue weighted by Gasteiger charge is 2.25. The first kappa shape index (κ1) is 23.1. The molecule has 0 unspecified atom stereocenters. The average Bonchev–Trinajstić information content (AvgIpc) is 3.03. The second-order valence-corrected chi connectivity index (χ2v) is 7.11. The van der Waals surface area contributed by atoms with Crippen LogP contribution in [0.3, 0.4) is 0 Å². The lowest BCUT2D eigenvalue weighted by atomic mass is 10.1. The number of nitrogens with one attached hydrogen (secondary N) is 1. The van der Waals surface area contributed by atoms with Crippen LogP contribution in [0, 0.1) is 6.92 Å².